The molecule has 2 aliphatic heterocycles. The molecule has 0 radical (unpaired) electrons. The topological polar surface area (TPSA) is 188 Å². The Bertz CT molecular complexity index is 1710. The maximum absolute atomic E-state index is 14.0. The number of nitrogens with zero attached hydrogens (tertiary/aromatic N) is 1. The van der Waals surface area contributed by atoms with Crippen molar-refractivity contribution in [2.75, 3.05) is 46.1 Å². The summed E-state index contributed by atoms with van der Waals surface area (Å²) in [6.45, 7) is 5.18. The van der Waals surface area contributed by atoms with Crippen LogP contribution in [0.5, 0.6) is 11.5 Å². The van der Waals surface area contributed by atoms with Gasteiger partial charge in [-0.1, -0.05) is 56.3 Å². The average Bonchev–Trinajstić information content (AvgIpc) is 4.10. The zero-order valence-corrected chi connectivity index (χ0v) is 30.5. The second-order valence-corrected chi connectivity index (χ2v) is 13.8. The smallest absolute Gasteiger partial charge is 0.323 e. The van der Waals surface area contributed by atoms with Crippen molar-refractivity contribution >= 4 is 29.6 Å². The van der Waals surface area contributed by atoms with Crippen LogP contribution in [0.25, 0.3) is 0 Å². The van der Waals surface area contributed by atoms with E-state index in [1.807, 2.05) is 56.3 Å². The number of carboxylic acid groups (broad SMARTS) is 1. The molecule has 2 saturated heterocycles. The first-order valence-electron chi connectivity index (χ1n) is 18.1. The lowest BCUT2D eigenvalue weighted by Crippen LogP contribution is -2.56. The molecule has 0 spiro atoms. The van der Waals surface area contributed by atoms with Crippen LogP contribution in [0.3, 0.4) is 0 Å². The van der Waals surface area contributed by atoms with E-state index in [2.05, 4.69) is 16.0 Å². The first-order chi connectivity index (χ1) is 26.0. The van der Waals surface area contributed by atoms with Crippen LogP contribution in [0.1, 0.15) is 41.8 Å². The van der Waals surface area contributed by atoms with Gasteiger partial charge in [0.1, 0.15) is 55.5 Å². The Morgan fingerprint density at radius 1 is 0.796 bits per heavy atom. The minimum atomic E-state index is -1.19. The van der Waals surface area contributed by atoms with Gasteiger partial charge in [0.05, 0.1) is 19.8 Å². The lowest BCUT2D eigenvalue weighted by Gasteiger charge is -2.29. The number of rotatable bonds is 22. The van der Waals surface area contributed by atoms with Crippen LogP contribution in [0.2, 0.25) is 0 Å². The van der Waals surface area contributed by atoms with Gasteiger partial charge < -0.3 is 44.9 Å². The van der Waals surface area contributed by atoms with Crippen molar-refractivity contribution in [1.82, 2.24) is 20.9 Å². The van der Waals surface area contributed by atoms with Gasteiger partial charge in [-0.25, -0.2) is 0 Å². The fourth-order valence-corrected chi connectivity index (χ4v) is 5.61. The largest absolute Gasteiger partial charge is 0.491 e. The molecule has 3 aromatic carbocycles. The molecule has 14 heteroatoms. The van der Waals surface area contributed by atoms with E-state index in [1.165, 1.54) is 4.90 Å². The van der Waals surface area contributed by atoms with Gasteiger partial charge in [0.15, 0.2) is 0 Å². The van der Waals surface area contributed by atoms with Gasteiger partial charge in [0.25, 0.3) is 5.91 Å². The lowest BCUT2D eigenvalue weighted by atomic mass is 10.00. The second-order valence-electron chi connectivity index (χ2n) is 13.8. The molecule has 288 valence electrons. The quantitative estimate of drug-likeness (QED) is 0.111. The molecule has 0 bridgehead atoms. The minimum absolute atomic E-state index is 0.0373. The molecule has 5 rings (SSSR count). The van der Waals surface area contributed by atoms with E-state index in [4.69, 9.17) is 18.9 Å². The Balaban J connectivity index is 1.21. The van der Waals surface area contributed by atoms with Crippen molar-refractivity contribution in [1.29, 1.82) is 0 Å². The third kappa shape index (κ3) is 13.5. The summed E-state index contributed by atoms with van der Waals surface area (Å²) in [5.41, 5.74) is 1.96. The van der Waals surface area contributed by atoms with Gasteiger partial charge in [-0.15, -0.1) is 0 Å². The van der Waals surface area contributed by atoms with Crippen molar-refractivity contribution in [2.45, 2.75) is 57.4 Å². The van der Waals surface area contributed by atoms with Crippen molar-refractivity contribution in [3.63, 3.8) is 0 Å². The molecule has 3 aromatic rings. The van der Waals surface area contributed by atoms with Gasteiger partial charge in [-0.2, -0.15) is 0 Å². The van der Waals surface area contributed by atoms with Crippen LogP contribution in [0, 0.1) is 5.92 Å². The number of benzene rings is 3. The van der Waals surface area contributed by atoms with Gasteiger partial charge in [-0.3, -0.25) is 24.0 Å². The maximum atomic E-state index is 14.0. The monoisotopic (exact) mass is 744 g/mol. The van der Waals surface area contributed by atoms with Gasteiger partial charge in [-0.05, 0) is 66.3 Å². The Hall–Kier alpha value is -5.47. The highest BCUT2D eigenvalue weighted by molar-refractivity contribution is 5.97. The Morgan fingerprint density at radius 2 is 1.39 bits per heavy atom. The van der Waals surface area contributed by atoms with E-state index in [-0.39, 0.29) is 37.5 Å². The molecule has 2 unspecified atom stereocenters. The Kier molecular flexibility index (Phi) is 14.4. The van der Waals surface area contributed by atoms with E-state index in [0.29, 0.717) is 49.9 Å². The highest BCUT2D eigenvalue weighted by Gasteiger charge is 2.31. The number of epoxide rings is 2. The number of carboxylic acids is 1. The molecule has 14 nitrogen and oxygen atoms in total. The zero-order valence-electron chi connectivity index (χ0n) is 30.5. The fraction of sp³-hybridized carbons (Fsp3) is 0.425. The molecule has 0 saturated carbocycles. The van der Waals surface area contributed by atoms with Crippen LogP contribution >= 0.6 is 0 Å². The fourth-order valence-electron chi connectivity index (χ4n) is 5.61. The predicted molar refractivity (Wildman–Crippen MR) is 197 cm³/mol. The number of hydrogen-bond donors (Lipinski definition) is 4. The Morgan fingerprint density at radius 3 is 1.94 bits per heavy atom. The summed E-state index contributed by atoms with van der Waals surface area (Å²) >= 11 is 0. The van der Waals surface area contributed by atoms with Crippen LogP contribution < -0.4 is 25.4 Å². The normalized spacial score (nSPS) is 16.7. The zero-order chi connectivity index (χ0) is 38.5. The number of aliphatic carboxylic acids is 1. The van der Waals surface area contributed by atoms with Gasteiger partial charge in [0, 0.05) is 18.5 Å². The summed E-state index contributed by atoms with van der Waals surface area (Å²) in [4.78, 5) is 66.9. The second kappa shape index (κ2) is 19.6. The molecule has 2 fully saturated rings. The first-order valence-corrected chi connectivity index (χ1v) is 18.1. The number of amides is 4. The van der Waals surface area contributed by atoms with Crippen LogP contribution in [0.15, 0.2) is 78.9 Å². The third-order valence-electron chi connectivity index (χ3n) is 8.69. The van der Waals surface area contributed by atoms with Crippen LogP contribution in [0.4, 0.5) is 0 Å². The molecule has 0 aromatic heterocycles. The van der Waals surface area contributed by atoms with E-state index in [1.54, 1.807) is 36.4 Å². The highest BCUT2D eigenvalue weighted by atomic mass is 16.6. The minimum Gasteiger partial charge on any atom is -0.491 e. The van der Waals surface area contributed by atoms with E-state index in [9.17, 15) is 29.1 Å². The summed E-state index contributed by atoms with van der Waals surface area (Å²) < 4.78 is 21.6. The molecular weight excluding hydrogens is 696 g/mol. The van der Waals surface area contributed by atoms with E-state index >= 15 is 0 Å². The molecular formula is C40H48N4O10. The third-order valence-corrected chi connectivity index (χ3v) is 8.69. The number of carbonyl (C=O) groups excluding carboxylic acids is 4. The Labute approximate surface area is 314 Å². The number of ether oxygens (including phenoxy) is 4. The summed E-state index contributed by atoms with van der Waals surface area (Å²) in [6.07, 6.45) is 0.937. The SMILES string of the molecule is CC(C)C[C@H](NC(=O)[C@H](Cc1ccccc1)NC(=O)CNC(=O)c1ccc(OCC2CO2)cc1)C(=O)N(CCc1ccc(OCC2CO2)cc1)CC(=O)O. The standard InChI is InChI=1S/C40H48N4O10/c1-26(2)18-35(40(50)44(21-37(46)47)17-16-27-8-12-30(13-9-27)51-22-32-24-53-32)43-39(49)34(19-28-6-4-3-5-7-28)42-36(45)20-41-38(48)29-10-14-31(15-11-29)52-23-33-25-54-33/h3-15,26,32-35H,16-25H2,1-2H3,(H,41,48)(H,42,45)(H,43,49)(H,46,47)/t32?,33?,34-,35-/m0/s1. The van der Waals surface area contributed by atoms with Crippen molar-refractivity contribution in [3.8, 4) is 11.5 Å². The summed E-state index contributed by atoms with van der Waals surface area (Å²) in [7, 11) is 0. The van der Waals surface area contributed by atoms with Crippen LogP contribution in [-0.4, -0.2) is 110 Å². The maximum Gasteiger partial charge on any atom is 0.323 e. The number of hydrogen-bond acceptors (Lipinski definition) is 9. The summed E-state index contributed by atoms with van der Waals surface area (Å²) in [5.74, 6) is -2.21. The molecule has 4 N–H and O–H groups in total. The molecule has 2 heterocycles. The molecule has 4 amide bonds. The number of carbonyl (C=O) groups is 5. The first kappa shape index (κ1) is 39.7. The highest BCUT2D eigenvalue weighted by Crippen LogP contribution is 2.18. The van der Waals surface area contributed by atoms with E-state index < -0.39 is 54.8 Å². The van der Waals surface area contributed by atoms with Crippen molar-refractivity contribution in [2.24, 2.45) is 5.92 Å². The van der Waals surface area contributed by atoms with Crippen LogP contribution in [-0.2, 0) is 41.5 Å². The lowest BCUT2D eigenvalue weighted by molar-refractivity contribution is -0.146. The molecule has 4 atom stereocenters. The van der Waals surface area contributed by atoms with Gasteiger partial charge in [0.2, 0.25) is 17.7 Å². The summed E-state index contributed by atoms with van der Waals surface area (Å²) in [5, 5.41) is 17.8. The molecule has 0 aliphatic carbocycles. The van der Waals surface area contributed by atoms with E-state index in [0.717, 1.165) is 11.1 Å². The van der Waals surface area contributed by atoms with Gasteiger partial charge >= 0.3 is 5.97 Å². The van der Waals surface area contributed by atoms with Crippen molar-refractivity contribution < 1.29 is 48.0 Å². The average molecular weight is 745 g/mol. The van der Waals surface area contributed by atoms with Crippen molar-refractivity contribution in [3.05, 3.63) is 95.6 Å². The predicted octanol–water partition coefficient (Wildman–Crippen LogP) is 2.39. The molecule has 54 heavy (non-hydrogen) atoms. The molecule has 2 aliphatic rings. The summed E-state index contributed by atoms with van der Waals surface area (Å²) in [6, 6.07) is 20.7. The number of nitrogens with one attached hydrogen (secondary N) is 3.